The topological polar surface area (TPSA) is 52.6 Å². The Labute approximate surface area is 115 Å². The summed E-state index contributed by atoms with van der Waals surface area (Å²) in [5, 5.41) is 13.2. The Hall–Kier alpha value is -1.55. The van der Waals surface area contributed by atoms with E-state index in [9.17, 15) is 9.90 Å². The average molecular weight is 264 g/mol. The van der Waals surface area contributed by atoms with Gasteiger partial charge in [-0.3, -0.25) is 4.79 Å². The summed E-state index contributed by atoms with van der Waals surface area (Å²) in [5.74, 6) is 0.331. The molecule has 2 N–H and O–H groups in total. The van der Waals surface area contributed by atoms with Gasteiger partial charge in [-0.1, -0.05) is 13.3 Å². The number of likely N-dealkylation sites (N-methyl/N-ethyl adjacent to an activating group) is 1. The van der Waals surface area contributed by atoms with Crippen molar-refractivity contribution in [1.29, 1.82) is 0 Å². The maximum atomic E-state index is 12.3. The lowest BCUT2D eigenvalue weighted by molar-refractivity contribution is 0.0958. The Balaban J connectivity index is 3.22. The van der Waals surface area contributed by atoms with Crippen molar-refractivity contribution in [2.75, 3.05) is 32.5 Å². The molecule has 0 radical (unpaired) electrons. The molecule has 0 aliphatic carbocycles. The smallest absolute Gasteiger partial charge is 0.178 e. The quantitative estimate of drug-likeness (QED) is 0.743. The first-order valence-electron chi connectivity index (χ1n) is 6.77. The number of nitrogens with zero attached hydrogens (tertiary/aromatic N) is 1. The second-order valence-corrected chi connectivity index (χ2v) is 4.93. The summed E-state index contributed by atoms with van der Waals surface area (Å²) in [5.41, 5.74) is 2.29. The van der Waals surface area contributed by atoms with Crippen LogP contribution in [0.4, 0.5) is 5.69 Å². The van der Waals surface area contributed by atoms with Crippen LogP contribution < -0.4 is 5.32 Å². The highest BCUT2D eigenvalue weighted by molar-refractivity contribution is 6.03. The van der Waals surface area contributed by atoms with Crippen LogP contribution in [-0.2, 0) is 6.42 Å². The average Bonchev–Trinajstić information content (AvgIpc) is 2.33. The van der Waals surface area contributed by atoms with Crippen molar-refractivity contribution in [3.05, 3.63) is 23.3 Å². The predicted molar refractivity (Wildman–Crippen MR) is 79.2 cm³/mol. The zero-order chi connectivity index (χ0) is 14.4. The first kappa shape index (κ1) is 15.5. The standard InChI is InChI=1S/C15H24N2O2/c1-5-7-11-13(18)9-8-12(15(11)16-6-2)14(19)10-17(3)4/h8-9,16,18H,5-7,10H2,1-4H3. The molecule has 0 fully saturated rings. The molecule has 0 spiro atoms. The third kappa shape index (κ3) is 3.96. The second kappa shape index (κ2) is 7.14. The SMILES string of the molecule is CCCc1c(O)ccc(C(=O)CN(C)C)c1NCC. The number of benzene rings is 1. The van der Waals surface area contributed by atoms with Crippen molar-refractivity contribution in [1.82, 2.24) is 4.90 Å². The normalized spacial score (nSPS) is 10.8. The number of anilines is 1. The van der Waals surface area contributed by atoms with Gasteiger partial charge in [0.2, 0.25) is 0 Å². The maximum absolute atomic E-state index is 12.3. The Bertz CT molecular complexity index is 442. The van der Waals surface area contributed by atoms with Gasteiger partial charge in [-0.15, -0.1) is 0 Å². The van der Waals surface area contributed by atoms with E-state index in [1.54, 1.807) is 12.1 Å². The van der Waals surface area contributed by atoms with Gasteiger partial charge >= 0.3 is 0 Å². The van der Waals surface area contributed by atoms with Crippen LogP contribution in [0.25, 0.3) is 0 Å². The van der Waals surface area contributed by atoms with Gasteiger partial charge in [0, 0.05) is 17.7 Å². The number of ketones is 1. The molecule has 0 atom stereocenters. The molecule has 0 unspecified atom stereocenters. The van der Waals surface area contributed by atoms with Crippen LogP contribution in [0.2, 0.25) is 0 Å². The number of phenols is 1. The van der Waals surface area contributed by atoms with Crippen molar-refractivity contribution in [2.45, 2.75) is 26.7 Å². The molecule has 1 rings (SSSR count). The first-order valence-corrected chi connectivity index (χ1v) is 6.77. The highest BCUT2D eigenvalue weighted by Crippen LogP contribution is 2.31. The summed E-state index contributed by atoms with van der Waals surface area (Å²) >= 11 is 0. The Morgan fingerprint density at radius 1 is 1.32 bits per heavy atom. The van der Waals surface area contributed by atoms with Gasteiger partial charge < -0.3 is 15.3 Å². The number of Topliss-reactive ketones (excluding diaryl/α,β-unsaturated/α-hetero) is 1. The van der Waals surface area contributed by atoms with Crippen LogP contribution in [0, 0.1) is 0 Å². The van der Waals surface area contributed by atoms with E-state index in [4.69, 9.17) is 0 Å². The molecule has 1 aromatic rings. The zero-order valence-corrected chi connectivity index (χ0v) is 12.3. The van der Waals surface area contributed by atoms with Crippen LogP contribution >= 0.6 is 0 Å². The molecule has 0 aromatic heterocycles. The monoisotopic (exact) mass is 264 g/mol. The molecule has 0 aliphatic heterocycles. The minimum absolute atomic E-state index is 0.0679. The van der Waals surface area contributed by atoms with E-state index in [1.165, 1.54) is 0 Å². The number of hydrogen-bond acceptors (Lipinski definition) is 4. The van der Waals surface area contributed by atoms with Crippen molar-refractivity contribution >= 4 is 11.5 Å². The van der Waals surface area contributed by atoms with Gasteiger partial charge in [-0.25, -0.2) is 0 Å². The lowest BCUT2D eigenvalue weighted by Gasteiger charge is -2.17. The van der Waals surface area contributed by atoms with Crippen LogP contribution in [0.3, 0.4) is 0 Å². The van der Waals surface area contributed by atoms with Crippen molar-refractivity contribution < 1.29 is 9.90 Å². The van der Waals surface area contributed by atoms with Crippen molar-refractivity contribution in [2.24, 2.45) is 0 Å². The molecule has 4 heteroatoms. The van der Waals surface area contributed by atoms with Gasteiger partial charge in [0.15, 0.2) is 5.78 Å². The third-order valence-corrected chi connectivity index (χ3v) is 2.90. The van der Waals surface area contributed by atoms with Gasteiger partial charge in [-0.2, -0.15) is 0 Å². The third-order valence-electron chi connectivity index (χ3n) is 2.90. The van der Waals surface area contributed by atoms with Gasteiger partial charge in [0.25, 0.3) is 0 Å². The van der Waals surface area contributed by atoms with E-state index in [1.807, 2.05) is 25.9 Å². The molecule has 19 heavy (non-hydrogen) atoms. The Morgan fingerprint density at radius 3 is 2.53 bits per heavy atom. The highest BCUT2D eigenvalue weighted by atomic mass is 16.3. The number of aromatic hydroxyl groups is 1. The molecule has 0 saturated carbocycles. The summed E-state index contributed by atoms with van der Waals surface area (Å²) in [6.45, 7) is 5.14. The molecular weight excluding hydrogens is 240 g/mol. The molecule has 1 aromatic carbocycles. The molecule has 0 aliphatic rings. The maximum Gasteiger partial charge on any atom is 0.178 e. The van der Waals surface area contributed by atoms with Gasteiger partial charge in [-0.05, 0) is 39.6 Å². The summed E-state index contributed by atoms with van der Waals surface area (Å²) in [6, 6.07) is 3.33. The Morgan fingerprint density at radius 2 is 2.00 bits per heavy atom. The van der Waals surface area contributed by atoms with Crippen molar-refractivity contribution in [3.63, 3.8) is 0 Å². The number of hydrogen-bond donors (Lipinski definition) is 2. The minimum atomic E-state index is 0.0679. The second-order valence-electron chi connectivity index (χ2n) is 4.93. The minimum Gasteiger partial charge on any atom is -0.508 e. The highest BCUT2D eigenvalue weighted by Gasteiger charge is 2.17. The molecule has 0 amide bonds. The van der Waals surface area contributed by atoms with Crippen molar-refractivity contribution in [3.8, 4) is 5.75 Å². The van der Waals surface area contributed by atoms with Gasteiger partial charge in [0.05, 0.1) is 12.2 Å². The number of phenolic OH excluding ortho intramolecular Hbond substituents is 1. The molecule has 4 nitrogen and oxygen atoms in total. The van der Waals surface area contributed by atoms with E-state index in [0.29, 0.717) is 12.1 Å². The fraction of sp³-hybridized carbons (Fsp3) is 0.533. The van der Waals surface area contributed by atoms with Crippen LogP contribution in [-0.4, -0.2) is 43.0 Å². The van der Waals surface area contributed by atoms with E-state index in [0.717, 1.165) is 30.6 Å². The van der Waals surface area contributed by atoms with E-state index < -0.39 is 0 Å². The molecule has 0 saturated heterocycles. The lowest BCUT2D eigenvalue weighted by atomic mass is 9.99. The fourth-order valence-corrected chi connectivity index (χ4v) is 2.12. The number of rotatable bonds is 7. The zero-order valence-electron chi connectivity index (χ0n) is 12.3. The number of nitrogens with one attached hydrogen (secondary N) is 1. The predicted octanol–water partition coefficient (Wildman–Crippen LogP) is 2.52. The molecular formula is C15H24N2O2. The van der Waals surface area contributed by atoms with Crippen LogP contribution in [0.5, 0.6) is 5.75 Å². The van der Waals surface area contributed by atoms with E-state index >= 15 is 0 Å². The summed E-state index contributed by atoms with van der Waals surface area (Å²) in [7, 11) is 3.75. The Kier molecular flexibility index (Phi) is 5.83. The van der Waals surface area contributed by atoms with Crippen LogP contribution in [0.15, 0.2) is 12.1 Å². The van der Waals surface area contributed by atoms with E-state index in [2.05, 4.69) is 12.2 Å². The van der Waals surface area contributed by atoms with Crippen LogP contribution in [0.1, 0.15) is 36.2 Å². The summed E-state index contributed by atoms with van der Waals surface area (Å²) < 4.78 is 0. The summed E-state index contributed by atoms with van der Waals surface area (Å²) in [6.07, 6.45) is 1.69. The molecule has 0 bridgehead atoms. The summed E-state index contributed by atoms with van der Waals surface area (Å²) in [4.78, 5) is 14.1. The number of carbonyl (C=O) groups excluding carboxylic acids is 1. The lowest BCUT2D eigenvalue weighted by Crippen LogP contribution is -2.23. The number of carbonyl (C=O) groups is 1. The molecule has 0 heterocycles. The van der Waals surface area contributed by atoms with Gasteiger partial charge in [0.1, 0.15) is 5.75 Å². The first-order chi connectivity index (χ1) is 9.01. The fourth-order valence-electron chi connectivity index (χ4n) is 2.12. The van der Waals surface area contributed by atoms with E-state index in [-0.39, 0.29) is 11.5 Å². The molecule has 106 valence electrons. The largest absolute Gasteiger partial charge is 0.508 e.